The highest BCUT2D eigenvalue weighted by Crippen LogP contribution is 2.43. The highest BCUT2D eigenvalue weighted by atomic mass is 35.5. The van der Waals surface area contributed by atoms with E-state index in [4.69, 9.17) is 16.3 Å². The number of amides is 1. The first-order valence-corrected chi connectivity index (χ1v) is 12.8. The molecule has 1 aliphatic carbocycles. The number of hydrogen-bond donors (Lipinski definition) is 0. The monoisotopic (exact) mass is 482 g/mol. The summed E-state index contributed by atoms with van der Waals surface area (Å²) in [6.45, 7) is 1.94. The minimum atomic E-state index is -0.344. The fraction of sp³-hybridized carbons (Fsp3) is 0.400. The summed E-state index contributed by atoms with van der Waals surface area (Å²) in [5, 5.41) is 9.94. The molecule has 1 atom stereocenters. The summed E-state index contributed by atoms with van der Waals surface area (Å²) < 4.78 is 8.10. The molecule has 1 aromatic heterocycles. The maximum Gasteiger partial charge on any atom is 0.240 e. The van der Waals surface area contributed by atoms with Crippen LogP contribution in [0.4, 0.5) is 0 Å². The van der Waals surface area contributed by atoms with Gasteiger partial charge in [0.1, 0.15) is 17.6 Å². The van der Waals surface area contributed by atoms with E-state index in [0.717, 1.165) is 55.3 Å². The summed E-state index contributed by atoms with van der Waals surface area (Å²) in [5.74, 6) is 1.54. The van der Waals surface area contributed by atoms with Crippen LogP contribution in [0.5, 0.6) is 5.75 Å². The average molecular weight is 483 g/mol. The predicted molar refractivity (Wildman–Crippen MR) is 130 cm³/mol. The molecule has 2 heterocycles. The van der Waals surface area contributed by atoms with Gasteiger partial charge in [0, 0.05) is 19.1 Å². The van der Waals surface area contributed by atoms with Crippen molar-refractivity contribution in [3.8, 4) is 5.75 Å². The molecule has 1 aliphatic heterocycles. The molecule has 172 valence electrons. The zero-order valence-corrected chi connectivity index (χ0v) is 20.0. The third-order valence-electron chi connectivity index (χ3n) is 6.06. The van der Waals surface area contributed by atoms with Crippen molar-refractivity contribution in [3.05, 3.63) is 71.0 Å². The quantitative estimate of drug-likeness (QED) is 0.386. The number of thioether (sulfide) groups is 1. The Hall–Kier alpha value is -2.51. The summed E-state index contributed by atoms with van der Waals surface area (Å²) in [6, 6.07) is 17.8. The Bertz CT molecular complexity index is 1100. The number of carbonyl (C=O) groups excluding carboxylic acids is 1. The topological polar surface area (TPSA) is 60.2 Å². The van der Waals surface area contributed by atoms with E-state index in [1.807, 2.05) is 53.4 Å². The van der Waals surface area contributed by atoms with E-state index in [1.165, 1.54) is 18.2 Å². The van der Waals surface area contributed by atoms with Crippen LogP contribution >= 0.6 is 23.4 Å². The van der Waals surface area contributed by atoms with Crippen LogP contribution in [0, 0.1) is 0 Å². The van der Waals surface area contributed by atoms with Gasteiger partial charge in [-0.1, -0.05) is 65.8 Å². The van der Waals surface area contributed by atoms with Gasteiger partial charge in [0.2, 0.25) is 5.91 Å². The molecular formula is C25H27ClN4O2S. The van der Waals surface area contributed by atoms with Crippen molar-refractivity contribution in [1.82, 2.24) is 19.7 Å². The van der Waals surface area contributed by atoms with Crippen molar-refractivity contribution in [2.24, 2.45) is 0 Å². The third-order valence-corrected chi connectivity index (χ3v) is 7.57. The Labute approximate surface area is 203 Å². The molecule has 2 aliphatic rings. The molecule has 0 unspecified atom stereocenters. The van der Waals surface area contributed by atoms with E-state index >= 15 is 0 Å². The Morgan fingerprint density at radius 2 is 1.76 bits per heavy atom. The first kappa shape index (κ1) is 22.3. The summed E-state index contributed by atoms with van der Waals surface area (Å²) >= 11 is 7.74. The zero-order valence-electron chi connectivity index (χ0n) is 18.4. The zero-order chi connectivity index (χ0) is 22.6. The molecule has 5 rings (SSSR count). The molecule has 1 amide bonds. The van der Waals surface area contributed by atoms with Gasteiger partial charge in [0.15, 0.2) is 11.0 Å². The van der Waals surface area contributed by atoms with Crippen LogP contribution in [0.3, 0.4) is 0 Å². The number of benzene rings is 2. The average Bonchev–Trinajstić information content (AvgIpc) is 3.62. The van der Waals surface area contributed by atoms with Crippen LogP contribution in [0.2, 0.25) is 5.02 Å². The number of rotatable bonds is 8. The lowest BCUT2D eigenvalue weighted by Crippen LogP contribution is -2.38. The van der Waals surface area contributed by atoms with E-state index in [-0.39, 0.29) is 17.8 Å². The van der Waals surface area contributed by atoms with Crippen molar-refractivity contribution in [2.45, 2.75) is 55.2 Å². The molecule has 0 spiro atoms. The second kappa shape index (κ2) is 10.2. The van der Waals surface area contributed by atoms with Crippen LogP contribution in [-0.2, 0) is 11.4 Å². The van der Waals surface area contributed by atoms with Gasteiger partial charge >= 0.3 is 0 Å². The number of aromatic nitrogens is 3. The van der Waals surface area contributed by atoms with Gasteiger partial charge in [-0.25, -0.2) is 0 Å². The van der Waals surface area contributed by atoms with Crippen LogP contribution < -0.4 is 4.74 Å². The van der Waals surface area contributed by atoms with Crippen molar-refractivity contribution >= 4 is 29.3 Å². The molecule has 0 N–H and O–H groups in total. The van der Waals surface area contributed by atoms with Crippen LogP contribution in [0.15, 0.2) is 59.8 Å². The lowest BCUT2D eigenvalue weighted by atomic mass is 10.1. The van der Waals surface area contributed by atoms with Gasteiger partial charge in [-0.05, 0) is 49.8 Å². The van der Waals surface area contributed by atoms with Gasteiger partial charge in [-0.15, -0.1) is 10.2 Å². The van der Waals surface area contributed by atoms with Crippen LogP contribution in [0.25, 0.3) is 0 Å². The molecule has 33 heavy (non-hydrogen) atoms. The second-order valence-corrected chi connectivity index (χ2v) is 9.99. The summed E-state index contributed by atoms with van der Waals surface area (Å²) in [7, 11) is 0. The fourth-order valence-electron chi connectivity index (χ4n) is 4.16. The normalized spacial score (nSPS) is 17.1. The van der Waals surface area contributed by atoms with Crippen LogP contribution in [-0.4, -0.2) is 38.7 Å². The SMILES string of the molecule is O=C([C@H](Sc1nnc(COc2ccccc2Cl)n1C1CC1)c1ccccc1)N1CCCCC1. The Balaban J connectivity index is 1.39. The molecule has 2 aromatic carbocycles. The molecule has 2 fully saturated rings. The molecule has 0 radical (unpaired) electrons. The summed E-state index contributed by atoms with van der Waals surface area (Å²) in [4.78, 5) is 15.6. The number of ether oxygens (including phenoxy) is 1. The fourth-order valence-corrected chi connectivity index (χ4v) is 5.56. The van der Waals surface area contributed by atoms with Gasteiger partial charge in [-0.2, -0.15) is 0 Å². The Morgan fingerprint density at radius 3 is 2.48 bits per heavy atom. The third kappa shape index (κ3) is 5.20. The summed E-state index contributed by atoms with van der Waals surface area (Å²) in [6.07, 6.45) is 5.50. The largest absolute Gasteiger partial charge is 0.484 e. The standard InChI is InChI=1S/C25H27ClN4O2S/c26-20-11-5-6-12-21(20)32-17-22-27-28-25(30(22)19-13-14-19)33-23(18-9-3-1-4-10-18)24(31)29-15-7-2-8-16-29/h1,3-6,9-12,19,23H,2,7-8,13-17H2/t23-/m1/s1. The van der Waals surface area contributed by atoms with Gasteiger partial charge in [-0.3, -0.25) is 9.36 Å². The number of carbonyl (C=O) groups is 1. The molecule has 0 bridgehead atoms. The Kier molecular flexibility index (Phi) is 6.88. The van der Waals surface area contributed by atoms with E-state index in [9.17, 15) is 4.79 Å². The smallest absolute Gasteiger partial charge is 0.240 e. The van der Waals surface area contributed by atoms with E-state index < -0.39 is 0 Å². The van der Waals surface area contributed by atoms with Gasteiger partial charge in [0.25, 0.3) is 0 Å². The molecule has 8 heteroatoms. The Morgan fingerprint density at radius 1 is 1.03 bits per heavy atom. The number of likely N-dealkylation sites (tertiary alicyclic amines) is 1. The van der Waals surface area contributed by atoms with Gasteiger partial charge in [0.05, 0.1) is 5.02 Å². The van der Waals surface area contributed by atoms with Crippen LogP contribution in [0.1, 0.15) is 54.8 Å². The van der Waals surface area contributed by atoms with Crippen molar-refractivity contribution in [2.75, 3.05) is 13.1 Å². The second-order valence-electron chi connectivity index (χ2n) is 8.51. The maximum absolute atomic E-state index is 13.6. The van der Waals surface area contributed by atoms with Gasteiger partial charge < -0.3 is 9.64 Å². The van der Waals surface area contributed by atoms with Crippen molar-refractivity contribution < 1.29 is 9.53 Å². The minimum Gasteiger partial charge on any atom is -0.484 e. The summed E-state index contributed by atoms with van der Waals surface area (Å²) in [5.41, 5.74) is 0.997. The number of hydrogen-bond acceptors (Lipinski definition) is 5. The number of para-hydroxylation sites is 1. The maximum atomic E-state index is 13.6. The first-order chi connectivity index (χ1) is 16.2. The van der Waals surface area contributed by atoms with E-state index in [0.29, 0.717) is 16.8 Å². The molecule has 6 nitrogen and oxygen atoms in total. The number of piperidine rings is 1. The first-order valence-electron chi connectivity index (χ1n) is 11.5. The van der Waals surface area contributed by atoms with Crippen molar-refractivity contribution in [3.63, 3.8) is 0 Å². The number of halogens is 1. The molecular weight excluding hydrogens is 456 g/mol. The lowest BCUT2D eigenvalue weighted by molar-refractivity contribution is -0.131. The molecule has 1 saturated carbocycles. The highest BCUT2D eigenvalue weighted by molar-refractivity contribution is 8.00. The molecule has 3 aromatic rings. The minimum absolute atomic E-state index is 0.158. The predicted octanol–water partition coefficient (Wildman–Crippen LogP) is 5.69. The molecule has 1 saturated heterocycles. The van der Waals surface area contributed by atoms with Crippen molar-refractivity contribution in [1.29, 1.82) is 0 Å². The van der Waals surface area contributed by atoms with E-state index in [2.05, 4.69) is 14.8 Å². The number of nitrogens with zero attached hydrogens (tertiary/aromatic N) is 4. The van der Waals surface area contributed by atoms with E-state index in [1.54, 1.807) is 6.07 Å². The highest BCUT2D eigenvalue weighted by Gasteiger charge is 2.34. The lowest BCUT2D eigenvalue weighted by Gasteiger charge is -2.30.